The van der Waals surface area contributed by atoms with Crippen LogP contribution in [0.3, 0.4) is 0 Å². The first-order valence-corrected chi connectivity index (χ1v) is 13.2. The molecule has 4 atom stereocenters. The highest BCUT2D eigenvalue weighted by Gasteiger charge is 2.31. The fraction of sp³-hybridized carbons (Fsp3) is 0.385. The quantitative estimate of drug-likeness (QED) is 0.0483. The zero-order chi connectivity index (χ0) is 30.6. The number of aromatic amines is 2. The van der Waals surface area contributed by atoms with E-state index in [9.17, 15) is 29.4 Å². The maximum Gasteiger partial charge on any atom is 0.326 e. The number of aliphatic imine (C=N–C) groups is 1. The molecule has 0 spiro atoms. The van der Waals surface area contributed by atoms with E-state index in [-0.39, 0.29) is 38.2 Å². The number of aliphatic carboxylic acids is 1. The SMILES string of the molecule is NC(N)=NCCCC(NC(=O)C(Cc1cnc[nH]1)NC(=O)C(Cc1c[nH]c2ccccc12)NC(=O)C(N)CO)C(=O)O. The molecule has 2 aromatic heterocycles. The summed E-state index contributed by atoms with van der Waals surface area (Å²) in [7, 11) is 0. The predicted octanol–water partition coefficient (Wildman–Crippen LogP) is -2.41. The number of rotatable bonds is 16. The van der Waals surface area contributed by atoms with Gasteiger partial charge in [-0.2, -0.15) is 0 Å². The molecule has 3 rings (SSSR count). The average Bonchev–Trinajstić information content (AvgIpc) is 3.63. The Kier molecular flexibility index (Phi) is 11.4. The predicted molar refractivity (Wildman–Crippen MR) is 153 cm³/mol. The summed E-state index contributed by atoms with van der Waals surface area (Å²) in [5.74, 6) is -3.67. The number of hydrogen-bond donors (Lipinski definition) is 10. The molecule has 4 unspecified atom stereocenters. The van der Waals surface area contributed by atoms with Crippen molar-refractivity contribution in [2.75, 3.05) is 13.2 Å². The number of aromatic nitrogens is 3. The number of carboxylic acid groups (broad SMARTS) is 1. The molecule has 0 fully saturated rings. The van der Waals surface area contributed by atoms with Gasteiger partial charge in [0.15, 0.2) is 5.96 Å². The number of nitrogens with one attached hydrogen (secondary N) is 5. The molecule has 0 saturated heterocycles. The lowest BCUT2D eigenvalue weighted by molar-refractivity contribution is -0.142. The number of imidazole rings is 1. The summed E-state index contributed by atoms with van der Waals surface area (Å²) in [5.41, 5.74) is 18.3. The number of aliphatic hydroxyl groups excluding tert-OH is 1. The number of para-hydroxylation sites is 1. The average molecular weight is 585 g/mol. The highest BCUT2D eigenvalue weighted by molar-refractivity contribution is 5.95. The summed E-state index contributed by atoms with van der Waals surface area (Å²) in [6, 6.07) is 2.39. The largest absolute Gasteiger partial charge is 0.480 e. The van der Waals surface area contributed by atoms with Crippen molar-refractivity contribution in [3.8, 4) is 0 Å². The van der Waals surface area contributed by atoms with Crippen LogP contribution in [0.1, 0.15) is 24.1 Å². The Morgan fingerprint density at radius 1 is 0.952 bits per heavy atom. The van der Waals surface area contributed by atoms with Crippen LogP contribution >= 0.6 is 0 Å². The van der Waals surface area contributed by atoms with Gasteiger partial charge in [0.05, 0.1) is 12.9 Å². The number of carbonyl (C=O) groups is 4. The van der Waals surface area contributed by atoms with Crippen LogP contribution in [0.2, 0.25) is 0 Å². The van der Waals surface area contributed by atoms with Crippen LogP contribution in [-0.4, -0.2) is 92.1 Å². The molecule has 16 nitrogen and oxygen atoms in total. The second kappa shape index (κ2) is 15.2. The molecule has 42 heavy (non-hydrogen) atoms. The van der Waals surface area contributed by atoms with Crippen molar-refractivity contribution in [2.45, 2.75) is 49.9 Å². The third-order valence-electron chi connectivity index (χ3n) is 6.44. The van der Waals surface area contributed by atoms with E-state index in [0.29, 0.717) is 11.3 Å². The Labute approximate surface area is 240 Å². The maximum atomic E-state index is 13.6. The van der Waals surface area contributed by atoms with Crippen LogP contribution in [0.25, 0.3) is 10.9 Å². The first-order chi connectivity index (χ1) is 20.1. The molecule has 0 aliphatic heterocycles. The van der Waals surface area contributed by atoms with Crippen LogP contribution < -0.4 is 33.2 Å². The normalized spacial score (nSPS) is 13.9. The molecule has 13 N–H and O–H groups in total. The smallest absolute Gasteiger partial charge is 0.326 e. The third-order valence-corrected chi connectivity index (χ3v) is 6.44. The van der Waals surface area contributed by atoms with Gasteiger partial charge < -0.3 is 53.3 Å². The number of carboxylic acids is 1. The third kappa shape index (κ3) is 9.03. The van der Waals surface area contributed by atoms with E-state index in [4.69, 9.17) is 17.2 Å². The Balaban J connectivity index is 1.82. The van der Waals surface area contributed by atoms with Crippen molar-refractivity contribution < 1.29 is 29.4 Å². The second-order valence-corrected chi connectivity index (χ2v) is 9.60. The monoisotopic (exact) mass is 584 g/mol. The molecule has 0 saturated carbocycles. The van der Waals surface area contributed by atoms with Crippen LogP contribution in [0.5, 0.6) is 0 Å². The van der Waals surface area contributed by atoms with Crippen molar-refractivity contribution in [2.24, 2.45) is 22.2 Å². The van der Waals surface area contributed by atoms with Crippen molar-refractivity contribution in [3.63, 3.8) is 0 Å². The summed E-state index contributed by atoms with van der Waals surface area (Å²) in [6.07, 6.45) is 4.84. The van der Waals surface area contributed by atoms with E-state index in [1.165, 1.54) is 12.5 Å². The molecule has 1 aromatic carbocycles. The lowest BCUT2D eigenvalue weighted by atomic mass is 10.0. The van der Waals surface area contributed by atoms with Crippen LogP contribution in [-0.2, 0) is 32.0 Å². The Morgan fingerprint density at radius 2 is 1.62 bits per heavy atom. The number of nitrogens with two attached hydrogens (primary N) is 3. The number of nitrogens with zero attached hydrogens (tertiary/aromatic N) is 2. The van der Waals surface area contributed by atoms with Gasteiger partial charge in [-0.1, -0.05) is 18.2 Å². The van der Waals surface area contributed by atoms with Crippen LogP contribution in [0.4, 0.5) is 0 Å². The lowest BCUT2D eigenvalue weighted by Crippen LogP contribution is -2.58. The number of guanidine groups is 1. The zero-order valence-corrected chi connectivity index (χ0v) is 22.7. The first kappa shape index (κ1) is 31.6. The van der Waals surface area contributed by atoms with Gasteiger partial charge in [0.2, 0.25) is 17.7 Å². The summed E-state index contributed by atoms with van der Waals surface area (Å²) < 4.78 is 0. The summed E-state index contributed by atoms with van der Waals surface area (Å²) in [5, 5.41) is 27.4. The molecule has 0 aliphatic carbocycles. The Morgan fingerprint density at radius 3 is 2.26 bits per heavy atom. The number of carbonyl (C=O) groups excluding carboxylic acids is 3. The van der Waals surface area contributed by atoms with E-state index >= 15 is 0 Å². The number of fused-ring (bicyclic) bond motifs is 1. The number of amides is 3. The van der Waals surface area contributed by atoms with E-state index in [1.54, 1.807) is 6.20 Å². The van der Waals surface area contributed by atoms with Gasteiger partial charge in [0.1, 0.15) is 24.2 Å². The maximum absolute atomic E-state index is 13.6. The van der Waals surface area contributed by atoms with Gasteiger partial charge in [-0.25, -0.2) is 9.78 Å². The van der Waals surface area contributed by atoms with Gasteiger partial charge in [0.25, 0.3) is 0 Å². The molecule has 2 heterocycles. The van der Waals surface area contributed by atoms with Gasteiger partial charge in [-0.05, 0) is 24.5 Å². The highest BCUT2D eigenvalue weighted by Crippen LogP contribution is 2.19. The number of aliphatic hydroxyl groups is 1. The standard InChI is InChI=1S/C26H36N10O6/c27-17(12-37)22(38)35-20(8-14-10-32-18-5-2-1-4-16(14)18)23(39)36-21(9-15-11-30-13-33-15)24(40)34-19(25(41)42)6-3-7-31-26(28)29/h1-2,4-5,10-11,13,17,19-21,32,37H,3,6-9,12,27H2,(H,30,33)(H,34,40)(H,35,38)(H,36,39)(H,41,42)(H4,28,29,31). The van der Waals surface area contributed by atoms with Gasteiger partial charge in [-0.15, -0.1) is 0 Å². The van der Waals surface area contributed by atoms with Gasteiger partial charge in [-0.3, -0.25) is 19.4 Å². The van der Waals surface area contributed by atoms with E-state index in [2.05, 4.69) is 35.9 Å². The fourth-order valence-corrected chi connectivity index (χ4v) is 4.22. The minimum Gasteiger partial charge on any atom is -0.480 e. The minimum absolute atomic E-state index is 0.0284. The molecule has 0 bridgehead atoms. The molecule has 226 valence electrons. The van der Waals surface area contributed by atoms with E-state index in [0.717, 1.165) is 10.9 Å². The van der Waals surface area contributed by atoms with Crippen LogP contribution in [0, 0.1) is 0 Å². The molecule has 16 heteroatoms. The minimum atomic E-state index is -1.28. The van der Waals surface area contributed by atoms with Crippen molar-refractivity contribution >= 4 is 40.6 Å². The van der Waals surface area contributed by atoms with Crippen molar-refractivity contribution in [1.29, 1.82) is 0 Å². The molecule has 3 aromatic rings. The van der Waals surface area contributed by atoms with Gasteiger partial charge >= 0.3 is 5.97 Å². The molecule has 0 aliphatic rings. The van der Waals surface area contributed by atoms with Gasteiger partial charge in [0, 0.05) is 48.4 Å². The zero-order valence-electron chi connectivity index (χ0n) is 22.7. The van der Waals surface area contributed by atoms with Crippen molar-refractivity contribution in [3.05, 3.63) is 54.2 Å². The Bertz CT molecular complexity index is 1390. The second-order valence-electron chi connectivity index (χ2n) is 9.60. The fourth-order valence-electron chi connectivity index (χ4n) is 4.22. The van der Waals surface area contributed by atoms with E-state index < -0.39 is 54.5 Å². The highest BCUT2D eigenvalue weighted by atomic mass is 16.4. The first-order valence-electron chi connectivity index (χ1n) is 13.2. The summed E-state index contributed by atoms with van der Waals surface area (Å²) >= 11 is 0. The molecule has 3 amide bonds. The van der Waals surface area contributed by atoms with Crippen LogP contribution in [0.15, 0.2) is 48.0 Å². The summed E-state index contributed by atoms with van der Waals surface area (Å²) in [6.45, 7) is -0.473. The molecular weight excluding hydrogens is 548 g/mol. The number of hydrogen-bond acceptors (Lipinski definition) is 8. The number of H-pyrrole nitrogens is 2. The topological polar surface area (TPSA) is 280 Å². The summed E-state index contributed by atoms with van der Waals surface area (Å²) in [4.78, 5) is 65.0. The molecular formula is C26H36N10O6. The van der Waals surface area contributed by atoms with E-state index in [1.807, 2.05) is 24.3 Å². The number of benzene rings is 1. The van der Waals surface area contributed by atoms with Crippen molar-refractivity contribution in [1.82, 2.24) is 30.9 Å². The lowest BCUT2D eigenvalue weighted by Gasteiger charge is -2.25. The molecule has 0 radical (unpaired) electrons. The Hall–Kier alpha value is -4.96.